The van der Waals surface area contributed by atoms with Crippen molar-refractivity contribution in [1.29, 1.82) is 0 Å². The number of nitrogens with zero attached hydrogens (tertiary/aromatic N) is 8. The summed E-state index contributed by atoms with van der Waals surface area (Å²) in [6.07, 6.45) is -1.28. The second-order valence-electron chi connectivity index (χ2n) is 6.69. The van der Waals surface area contributed by atoms with Crippen molar-refractivity contribution in [3.63, 3.8) is 0 Å². The van der Waals surface area contributed by atoms with Crippen molar-refractivity contribution < 1.29 is 13.5 Å². The fraction of sp³-hybridized carbons (Fsp3) is 0.263. The summed E-state index contributed by atoms with van der Waals surface area (Å²) in [6, 6.07) is 10.3. The second kappa shape index (κ2) is 8.14. The Morgan fingerprint density at radius 3 is 2.52 bits per heavy atom. The molecule has 1 fully saturated rings. The van der Waals surface area contributed by atoms with E-state index in [-0.39, 0.29) is 11.9 Å². The molecule has 1 saturated heterocycles. The van der Waals surface area contributed by atoms with Crippen LogP contribution in [0.25, 0.3) is 17.0 Å². The van der Waals surface area contributed by atoms with E-state index >= 15 is 0 Å². The first-order chi connectivity index (χ1) is 15.2. The highest BCUT2D eigenvalue weighted by Crippen LogP contribution is 2.28. The summed E-state index contributed by atoms with van der Waals surface area (Å²) in [5.41, 5.74) is 0.900. The Hall–Kier alpha value is -3.80. The van der Waals surface area contributed by atoms with Crippen LogP contribution in [0.1, 0.15) is 12.2 Å². The molecule has 1 aliphatic heterocycles. The van der Waals surface area contributed by atoms with E-state index in [2.05, 4.69) is 35.5 Å². The summed E-state index contributed by atoms with van der Waals surface area (Å²) >= 11 is 0. The van der Waals surface area contributed by atoms with E-state index in [1.165, 1.54) is 10.8 Å². The third kappa shape index (κ3) is 3.84. The number of imidazole rings is 1. The first-order valence-electron chi connectivity index (χ1n) is 9.58. The lowest BCUT2D eigenvalue weighted by molar-refractivity contribution is 0.122. The van der Waals surface area contributed by atoms with Gasteiger partial charge in [0.05, 0.1) is 24.2 Å². The molecule has 3 aromatic heterocycles. The van der Waals surface area contributed by atoms with E-state index in [0.717, 1.165) is 0 Å². The largest absolute Gasteiger partial charge is 0.378 e. The van der Waals surface area contributed by atoms with Gasteiger partial charge in [-0.3, -0.25) is 4.57 Å². The Balaban J connectivity index is 1.66. The molecule has 4 aromatic rings. The molecule has 0 aliphatic carbocycles. The summed E-state index contributed by atoms with van der Waals surface area (Å²) in [5.74, 6) is 0.512. The SMILES string of the molecule is FC(F)c1nc2ccccc2n1-c1nc(Nc2cccnn2)nc(N2CCOCC2)n1. The van der Waals surface area contributed by atoms with Crippen molar-refractivity contribution in [2.75, 3.05) is 36.5 Å². The molecule has 158 valence electrons. The number of nitrogens with one attached hydrogen (secondary N) is 1. The van der Waals surface area contributed by atoms with Gasteiger partial charge < -0.3 is 15.0 Å². The van der Waals surface area contributed by atoms with Gasteiger partial charge in [-0.25, -0.2) is 13.8 Å². The smallest absolute Gasteiger partial charge is 0.296 e. The van der Waals surface area contributed by atoms with Gasteiger partial charge in [0, 0.05) is 19.3 Å². The summed E-state index contributed by atoms with van der Waals surface area (Å²) in [4.78, 5) is 19.3. The third-order valence-corrected chi connectivity index (χ3v) is 4.70. The average molecular weight is 425 g/mol. The number of halogens is 2. The summed E-state index contributed by atoms with van der Waals surface area (Å²) in [7, 11) is 0. The minimum Gasteiger partial charge on any atom is -0.378 e. The van der Waals surface area contributed by atoms with E-state index in [9.17, 15) is 8.78 Å². The van der Waals surface area contributed by atoms with Crippen LogP contribution in [0.5, 0.6) is 0 Å². The van der Waals surface area contributed by atoms with Crippen molar-refractivity contribution in [3.05, 3.63) is 48.4 Å². The number of hydrogen-bond acceptors (Lipinski definition) is 9. The number of anilines is 3. The zero-order valence-electron chi connectivity index (χ0n) is 16.2. The van der Waals surface area contributed by atoms with Crippen molar-refractivity contribution in [1.82, 2.24) is 34.7 Å². The fourth-order valence-electron chi connectivity index (χ4n) is 3.30. The standard InChI is InChI=1S/C19H17F2N9O/c20-15(21)16-23-12-4-1-2-5-13(12)30(16)19-26-17(24-14-6-3-7-22-28-14)25-18(27-19)29-8-10-31-11-9-29/h1-7,15H,8-11H2,(H,24,25,26,27,28). The Kier molecular flexibility index (Phi) is 5.04. The van der Waals surface area contributed by atoms with Crippen molar-refractivity contribution in [2.24, 2.45) is 0 Å². The van der Waals surface area contributed by atoms with Crippen LogP contribution in [-0.2, 0) is 4.74 Å². The quantitative estimate of drug-likeness (QED) is 0.516. The second-order valence-corrected chi connectivity index (χ2v) is 6.69. The average Bonchev–Trinajstić information content (AvgIpc) is 3.20. The van der Waals surface area contributed by atoms with Crippen LogP contribution in [0.2, 0.25) is 0 Å². The van der Waals surface area contributed by atoms with Crippen molar-refractivity contribution >= 4 is 28.7 Å². The van der Waals surface area contributed by atoms with E-state index in [0.29, 0.717) is 49.1 Å². The number of fused-ring (bicyclic) bond motifs is 1. The Labute approximate surface area is 175 Å². The lowest BCUT2D eigenvalue weighted by Gasteiger charge is -2.27. The van der Waals surface area contributed by atoms with Crippen LogP contribution in [0, 0.1) is 0 Å². The van der Waals surface area contributed by atoms with Crippen molar-refractivity contribution in [2.45, 2.75) is 6.43 Å². The highest BCUT2D eigenvalue weighted by Gasteiger charge is 2.24. The fourth-order valence-corrected chi connectivity index (χ4v) is 3.30. The van der Waals surface area contributed by atoms with Crippen LogP contribution in [-0.4, -0.2) is 61.0 Å². The van der Waals surface area contributed by atoms with Gasteiger partial charge in [-0.15, -0.1) is 5.10 Å². The van der Waals surface area contributed by atoms with E-state index in [1.807, 2.05) is 4.90 Å². The van der Waals surface area contributed by atoms with Crippen LogP contribution >= 0.6 is 0 Å². The van der Waals surface area contributed by atoms with Gasteiger partial charge in [0.25, 0.3) is 6.43 Å². The van der Waals surface area contributed by atoms with E-state index < -0.39 is 12.2 Å². The van der Waals surface area contributed by atoms with Crippen LogP contribution in [0.3, 0.4) is 0 Å². The molecular weight excluding hydrogens is 408 g/mol. The van der Waals surface area contributed by atoms with E-state index in [1.54, 1.807) is 36.4 Å². The predicted molar refractivity (Wildman–Crippen MR) is 108 cm³/mol. The van der Waals surface area contributed by atoms with Gasteiger partial charge in [-0.1, -0.05) is 12.1 Å². The number of hydrogen-bond donors (Lipinski definition) is 1. The highest BCUT2D eigenvalue weighted by molar-refractivity contribution is 5.77. The molecular formula is C19H17F2N9O. The molecule has 1 aromatic carbocycles. The molecule has 0 spiro atoms. The van der Waals surface area contributed by atoms with Gasteiger partial charge in [0.15, 0.2) is 11.6 Å². The van der Waals surface area contributed by atoms with E-state index in [4.69, 9.17) is 4.74 Å². The molecule has 31 heavy (non-hydrogen) atoms. The maximum Gasteiger partial charge on any atom is 0.296 e. The molecule has 10 nitrogen and oxygen atoms in total. The first-order valence-corrected chi connectivity index (χ1v) is 9.58. The molecule has 0 radical (unpaired) electrons. The van der Waals surface area contributed by atoms with Gasteiger partial charge in [0.2, 0.25) is 17.8 Å². The maximum atomic E-state index is 13.8. The molecule has 1 aliphatic rings. The van der Waals surface area contributed by atoms with Crippen LogP contribution in [0.4, 0.5) is 26.5 Å². The number of rotatable bonds is 5. The van der Waals surface area contributed by atoms with Gasteiger partial charge >= 0.3 is 0 Å². The Morgan fingerprint density at radius 1 is 0.935 bits per heavy atom. The molecule has 0 unspecified atom stereocenters. The van der Waals surface area contributed by atoms with Crippen molar-refractivity contribution in [3.8, 4) is 5.95 Å². The van der Waals surface area contributed by atoms with Crippen LogP contribution in [0.15, 0.2) is 42.6 Å². The maximum absolute atomic E-state index is 13.8. The lowest BCUT2D eigenvalue weighted by atomic mass is 10.3. The lowest BCUT2D eigenvalue weighted by Crippen LogP contribution is -2.37. The summed E-state index contributed by atoms with van der Waals surface area (Å²) < 4.78 is 34.3. The van der Waals surface area contributed by atoms with Gasteiger partial charge in [-0.2, -0.15) is 20.1 Å². The number of morpholine rings is 1. The number of ether oxygens (including phenoxy) is 1. The minimum absolute atomic E-state index is 0.0342. The van der Waals surface area contributed by atoms with Crippen LogP contribution < -0.4 is 10.2 Å². The summed E-state index contributed by atoms with van der Waals surface area (Å²) in [6.45, 7) is 2.18. The molecule has 0 amide bonds. The number of para-hydroxylation sites is 2. The molecule has 0 bridgehead atoms. The monoisotopic (exact) mass is 425 g/mol. The number of benzene rings is 1. The normalized spacial score (nSPS) is 14.4. The molecule has 12 heteroatoms. The Bertz CT molecular complexity index is 1200. The molecule has 0 saturated carbocycles. The number of alkyl halides is 2. The first kappa shape index (κ1) is 19.2. The zero-order chi connectivity index (χ0) is 21.2. The zero-order valence-corrected chi connectivity index (χ0v) is 16.2. The third-order valence-electron chi connectivity index (χ3n) is 4.70. The molecule has 1 N–H and O–H groups in total. The minimum atomic E-state index is -2.81. The molecule has 4 heterocycles. The van der Waals surface area contributed by atoms with Gasteiger partial charge in [0.1, 0.15) is 0 Å². The molecule has 5 rings (SSSR count). The summed E-state index contributed by atoms with van der Waals surface area (Å²) in [5, 5.41) is 10.8. The Morgan fingerprint density at radius 2 is 1.74 bits per heavy atom. The number of aromatic nitrogens is 7. The topological polar surface area (TPSA) is 107 Å². The molecule has 0 atom stereocenters. The predicted octanol–water partition coefficient (Wildman–Crippen LogP) is 2.52. The highest BCUT2D eigenvalue weighted by atomic mass is 19.3. The van der Waals surface area contributed by atoms with Gasteiger partial charge in [-0.05, 0) is 24.3 Å².